The molecule has 0 heterocycles. The highest BCUT2D eigenvalue weighted by atomic mass is 16.3. The Morgan fingerprint density at radius 1 is 1.56 bits per heavy atom. The Morgan fingerprint density at radius 2 is 1.89 bits per heavy atom. The van der Waals surface area contributed by atoms with Gasteiger partial charge < -0.3 is 15.9 Å². The molecule has 58 valence electrons. The van der Waals surface area contributed by atoms with Crippen molar-refractivity contribution in [2.45, 2.75) is 26.4 Å². The molecule has 1 atom stereocenters. The van der Waals surface area contributed by atoms with Crippen molar-refractivity contribution in [3.05, 3.63) is 0 Å². The Bertz CT molecular complexity index is 40.0. The SMILES string of the molecule is CC(O)CCN.CCO. The summed E-state index contributed by atoms with van der Waals surface area (Å²) in [5.74, 6) is 0. The molecule has 0 aliphatic heterocycles. The van der Waals surface area contributed by atoms with E-state index in [1.807, 2.05) is 0 Å². The van der Waals surface area contributed by atoms with Crippen molar-refractivity contribution in [1.82, 2.24) is 0 Å². The molecule has 3 heteroatoms. The lowest BCUT2D eigenvalue weighted by Crippen LogP contribution is -2.08. The first-order valence-corrected chi connectivity index (χ1v) is 3.18. The third-order valence-electron chi connectivity index (χ3n) is 0.584. The molecule has 0 fully saturated rings. The summed E-state index contributed by atoms with van der Waals surface area (Å²) < 4.78 is 0. The van der Waals surface area contributed by atoms with Gasteiger partial charge >= 0.3 is 0 Å². The quantitative estimate of drug-likeness (QED) is 0.487. The van der Waals surface area contributed by atoms with Crippen LogP contribution in [0.4, 0.5) is 0 Å². The van der Waals surface area contributed by atoms with E-state index in [2.05, 4.69) is 0 Å². The highest BCUT2D eigenvalue weighted by molar-refractivity contribution is 4.43. The van der Waals surface area contributed by atoms with E-state index in [0.29, 0.717) is 13.0 Å². The topological polar surface area (TPSA) is 66.5 Å². The first kappa shape index (κ1) is 11.6. The van der Waals surface area contributed by atoms with Crippen LogP contribution < -0.4 is 5.73 Å². The minimum absolute atomic E-state index is 0.227. The van der Waals surface area contributed by atoms with Crippen LogP contribution in [0.2, 0.25) is 0 Å². The van der Waals surface area contributed by atoms with E-state index >= 15 is 0 Å². The molecule has 0 saturated carbocycles. The lowest BCUT2D eigenvalue weighted by molar-refractivity contribution is 0.187. The number of aliphatic hydroxyl groups is 2. The van der Waals surface area contributed by atoms with Crippen molar-refractivity contribution < 1.29 is 10.2 Å². The van der Waals surface area contributed by atoms with Crippen LogP contribution >= 0.6 is 0 Å². The molecule has 0 spiro atoms. The summed E-state index contributed by atoms with van der Waals surface area (Å²) >= 11 is 0. The van der Waals surface area contributed by atoms with Gasteiger partial charge in [0.1, 0.15) is 0 Å². The second-order valence-corrected chi connectivity index (χ2v) is 1.74. The third-order valence-corrected chi connectivity index (χ3v) is 0.584. The fourth-order valence-corrected chi connectivity index (χ4v) is 0.241. The Hall–Kier alpha value is -0.120. The second-order valence-electron chi connectivity index (χ2n) is 1.74. The maximum atomic E-state index is 8.47. The third kappa shape index (κ3) is 32.8. The predicted octanol–water partition coefficient (Wildman–Crippen LogP) is -0.285. The fourth-order valence-electron chi connectivity index (χ4n) is 0.241. The maximum Gasteiger partial charge on any atom is 0.0524 e. The molecule has 0 rings (SSSR count). The minimum atomic E-state index is -0.227. The Balaban J connectivity index is 0. The van der Waals surface area contributed by atoms with Gasteiger partial charge in [0.2, 0.25) is 0 Å². The van der Waals surface area contributed by atoms with Crippen LogP contribution in [-0.4, -0.2) is 29.5 Å². The molecule has 0 amide bonds. The van der Waals surface area contributed by atoms with Crippen LogP contribution in [0.15, 0.2) is 0 Å². The molecule has 0 aromatic heterocycles. The van der Waals surface area contributed by atoms with Crippen LogP contribution in [0.5, 0.6) is 0 Å². The first-order valence-electron chi connectivity index (χ1n) is 3.18. The first-order chi connectivity index (χ1) is 4.18. The largest absolute Gasteiger partial charge is 0.397 e. The number of hydrogen-bond acceptors (Lipinski definition) is 3. The Morgan fingerprint density at radius 3 is 1.89 bits per heavy atom. The average molecular weight is 135 g/mol. The molecule has 0 aromatic carbocycles. The van der Waals surface area contributed by atoms with Gasteiger partial charge in [-0.15, -0.1) is 0 Å². The van der Waals surface area contributed by atoms with Gasteiger partial charge in [0.05, 0.1) is 6.10 Å². The van der Waals surface area contributed by atoms with Gasteiger partial charge in [-0.05, 0) is 26.8 Å². The van der Waals surface area contributed by atoms with Gasteiger partial charge in [0, 0.05) is 6.61 Å². The van der Waals surface area contributed by atoms with E-state index in [9.17, 15) is 0 Å². The lowest BCUT2D eigenvalue weighted by Gasteiger charge is -1.95. The summed E-state index contributed by atoms with van der Waals surface area (Å²) in [6, 6.07) is 0. The summed E-state index contributed by atoms with van der Waals surface area (Å²) in [4.78, 5) is 0. The fraction of sp³-hybridized carbons (Fsp3) is 1.00. The maximum absolute atomic E-state index is 8.47. The smallest absolute Gasteiger partial charge is 0.0524 e. The van der Waals surface area contributed by atoms with Crippen molar-refractivity contribution in [2.24, 2.45) is 5.73 Å². The lowest BCUT2D eigenvalue weighted by atomic mass is 10.3. The number of rotatable bonds is 2. The molecule has 4 N–H and O–H groups in total. The molecule has 0 aromatic rings. The zero-order valence-electron chi connectivity index (χ0n) is 6.17. The van der Waals surface area contributed by atoms with Gasteiger partial charge in [-0.2, -0.15) is 0 Å². The van der Waals surface area contributed by atoms with Gasteiger partial charge in [-0.3, -0.25) is 0 Å². The zero-order chi connectivity index (χ0) is 7.70. The van der Waals surface area contributed by atoms with Crippen molar-refractivity contribution in [1.29, 1.82) is 0 Å². The van der Waals surface area contributed by atoms with E-state index in [1.54, 1.807) is 13.8 Å². The van der Waals surface area contributed by atoms with E-state index in [4.69, 9.17) is 15.9 Å². The summed E-state index contributed by atoms with van der Waals surface area (Å²) in [7, 11) is 0. The molecule has 3 nitrogen and oxygen atoms in total. The molecule has 0 bridgehead atoms. The van der Waals surface area contributed by atoms with E-state index in [1.165, 1.54) is 0 Å². The van der Waals surface area contributed by atoms with Crippen LogP contribution in [-0.2, 0) is 0 Å². The molecule has 0 aliphatic carbocycles. The highest BCUT2D eigenvalue weighted by Crippen LogP contribution is 1.81. The Kier molecular flexibility index (Phi) is 14.0. The molecule has 0 radical (unpaired) electrons. The highest BCUT2D eigenvalue weighted by Gasteiger charge is 1.87. The predicted molar refractivity (Wildman–Crippen MR) is 38.1 cm³/mol. The molecule has 1 unspecified atom stereocenters. The van der Waals surface area contributed by atoms with Gasteiger partial charge in [-0.1, -0.05) is 0 Å². The molecular formula is C6H17NO2. The van der Waals surface area contributed by atoms with E-state index < -0.39 is 0 Å². The summed E-state index contributed by atoms with van der Waals surface area (Å²) in [5, 5.41) is 16.0. The standard InChI is InChI=1S/C4H11NO.C2H6O/c1-4(6)2-3-5;1-2-3/h4,6H,2-3,5H2,1H3;3H,2H2,1H3. The van der Waals surface area contributed by atoms with Crippen molar-refractivity contribution in [3.63, 3.8) is 0 Å². The second kappa shape index (κ2) is 10.8. The van der Waals surface area contributed by atoms with E-state index in [0.717, 1.165) is 0 Å². The molecule has 0 aliphatic rings. The average Bonchev–Trinajstić information content (AvgIpc) is 1.67. The Labute approximate surface area is 56.5 Å². The van der Waals surface area contributed by atoms with Gasteiger partial charge in [0.15, 0.2) is 0 Å². The molecule has 0 saturated heterocycles. The van der Waals surface area contributed by atoms with Crippen molar-refractivity contribution >= 4 is 0 Å². The minimum Gasteiger partial charge on any atom is -0.397 e. The normalized spacial score (nSPS) is 11.7. The summed E-state index contributed by atoms with van der Waals surface area (Å²) in [5.41, 5.74) is 5.07. The molecule has 9 heavy (non-hydrogen) atoms. The van der Waals surface area contributed by atoms with Crippen molar-refractivity contribution in [2.75, 3.05) is 13.2 Å². The monoisotopic (exact) mass is 135 g/mol. The number of aliphatic hydroxyl groups excluding tert-OH is 2. The van der Waals surface area contributed by atoms with Crippen LogP contribution in [0, 0.1) is 0 Å². The molecular weight excluding hydrogens is 118 g/mol. The van der Waals surface area contributed by atoms with E-state index in [-0.39, 0.29) is 12.7 Å². The van der Waals surface area contributed by atoms with Crippen LogP contribution in [0.3, 0.4) is 0 Å². The summed E-state index contributed by atoms with van der Waals surface area (Å²) in [6.45, 7) is 4.24. The van der Waals surface area contributed by atoms with Gasteiger partial charge in [0.25, 0.3) is 0 Å². The zero-order valence-corrected chi connectivity index (χ0v) is 6.17. The summed E-state index contributed by atoms with van der Waals surface area (Å²) in [6.07, 6.45) is 0.481. The van der Waals surface area contributed by atoms with Crippen LogP contribution in [0.1, 0.15) is 20.3 Å². The number of nitrogens with two attached hydrogens (primary N) is 1. The van der Waals surface area contributed by atoms with Crippen LogP contribution in [0.25, 0.3) is 0 Å². The number of hydrogen-bond donors (Lipinski definition) is 3. The van der Waals surface area contributed by atoms with Gasteiger partial charge in [-0.25, -0.2) is 0 Å². The van der Waals surface area contributed by atoms with Crippen molar-refractivity contribution in [3.8, 4) is 0 Å².